The molecule has 17 heavy (non-hydrogen) atoms. The molecule has 0 radical (unpaired) electrons. The molecule has 0 bridgehead atoms. The fourth-order valence-corrected chi connectivity index (χ4v) is 2.40. The van der Waals surface area contributed by atoms with E-state index in [1.165, 1.54) is 18.4 Å². The number of aromatic nitrogens is 3. The molecule has 0 atom stereocenters. The maximum atomic E-state index is 4.12. The van der Waals surface area contributed by atoms with Gasteiger partial charge in [0.15, 0.2) is 0 Å². The summed E-state index contributed by atoms with van der Waals surface area (Å²) in [6.07, 6.45) is 5.76. The van der Waals surface area contributed by atoms with Gasteiger partial charge in [0, 0.05) is 0 Å². The molecule has 0 saturated carbocycles. The Hall–Kier alpha value is -1.68. The summed E-state index contributed by atoms with van der Waals surface area (Å²) in [5.74, 6) is 0.709. The highest BCUT2D eigenvalue weighted by Gasteiger charge is 2.14. The van der Waals surface area contributed by atoms with Crippen LogP contribution in [-0.4, -0.2) is 27.9 Å². The summed E-state index contributed by atoms with van der Waals surface area (Å²) in [4.78, 5) is 3.95. The maximum Gasteiger partial charge on any atom is 0.138 e. The van der Waals surface area contributed by atoms with E-state index in [2.05, 4.69) is 39.7 Å². The molecule has 1 N–H and O–H groups in total. The molecule has 1 aliphatic heterocycles. The predicted molar refractivity (Wildman–Crippen MR) is 66.2 cm³/mol. The summed E-state index contributed by atoms with van der Waals surface area (Å²) < 4.78 is 1.78. The predicted octanol–water partition coefficient (Wildman–Crippen LogP) is 1.73. The van der Waals surface area contributed by atoms with Gasteiger partial charge in [-0.15, -0.1) is 0 Å². The average molecular weight is 228 g/mol. The van der Waals surface area contributed by atoms with E-state index >= 15 is 0 Å². The molecule has 0 unspecified atom stereocenters. The molecule has 88 valence electrons. The van der Waals surface area contributed by atoms with Gasteiger partial charge in [0.25, 0.3) is 0 Å². The Morgan fingerprint density at radius 1 is 1.12 bits per heavy atom. The third-order valence-corrected chi connectivity index (χ3v) is 3.39. The molecule has 3 rings (SSSR count). The molecule has 2 heterocycles. The second kappa shape index (κ2) is 4.67. The average Bonchev–Trinajstić information content (AvgIpc) is 2.94. The Morgan fingerprint density at radius 2 is 1.88 bits per heavy atom. The van der Waals surface area contributed by atoms with Gasteiger partial charge in [-0.2, -0.15) is 5.10 Å². The molecule has 1 fully saturated rings. The smallest absolute Gasteiger partial charge is 0.138 e. The van der Waals surface area contributed by atoms with E-state index in [1.54, 1.807) is 17.3 Å². The SMILES string of the molecule is c1ncn(-c2ccc(C3CCNCC3)cc2)n1. The van der Waals surface area contributed by atoms with E-state index in [1.807, 2.05) is 0 Å². The van der Waals surface area contributed by atoms with Gasteiger partial charge in [0.2, 0.25) is 0 Å². The molecular weight excluding hydrogens is 212 g/mol. The fraction of sp³-hybridized carbons (Fsp3) is 0.385. The van der Waals surface area contributed by atoms with Gasteiger partial charge < -0.3 is 5.32 Å². The molecule has 0 spiro atoms. The molecule has 0 aliphatic carbocycles. The zero-order valence-electron chi connectivity index (χ0n) is 9.71. The Labute approximate surface area is 101 Å². The lowest BCUT2D eigenvalue weighted by Gasteiger charge is -2.23. The quantitative estimate of drug-likeness (QED) is 0.851. The number of benzene rings is 1. The first-order chi connectivity index (χ1) is 8.43. The van der Waals surface area contributed by atoms with Crippen molar-refractivity contribution in [2.75, 3.05) is 13.1 Å². The van der Waals surface area contributed by atoms with Crippen molar-refractivity contribution < 1.29 is 0 Å². The number of nitrogens with one attached hydrogen (secondary N) is 1. The van der Waals surface area contributed by atoms with Crippen molar-refractivity contribution in [1.29, 1.82) is 0 Å². The van der Waals surface area contributed by atoms with Crippen molar-refractivity contribution in [3.05, 3.63) is 42.5 Å². The van der Waals surface area contributed by atoms with Gasteiger partial charge >= 0.3 is 0 Å². The first-order valence-electron chi connectivity index (χ1n) is 6.09. The van der Waals surface area contributed by atoms with E-state index in [0.717, 1.165) is 18.8 Å². The summed E-state index contributed by atoms with van der Waals surface area (Å²) in [7, 11) is 0. The van der Waals surface area contributed by atoms with Gasteiger partial charge in [-0.3, -0.25) is 0 Å². The highest BCUT2D eigenvalue weighted by atomic mass is 15.3. The van der Waals surface area contributed by atoms with Crippen molar-refractivity contribution in [3.63, 3.8) is 0 Å². The Bertz CT molecular complexity index is 455. The lowest BCUT2D eigenvalue weighted by molar-refractivity contribution is 0.460. The zero-order chi connectivity index (χ0) is 11.5. The van der Waals surface area contributed by atoms with Crippen molar-refractivity contribution in [2.45, 2.75) is 18.8 Å². The molecule has 4 heteroatoms. The van der Waals surface area contributed by atoms with Gasteiger partial charge in [-0.05, 0) is 49.5 Å². The van der Waals surface area contributed by atoms with Crippen molar-refractivity contribution in [1.82, 2.24) is 20.1 Å². The van der Waals surface area contributed by atoms with Crippen LogP contribution in [0.5, 0.6) is 0 Å². The first kappa shape index (κ1) is 10.5. The molecule has 4 nitrogen and oxygen atoms in total. The van der Waals surface area contributed by atoms with Gasteiger partial charge in [-0.25, -0.2) is 9.67 Å². The lowest BCUT2D eigenvalue weighted by Crippen LogP contribution is -2.26. The van der Waals surface area contributed by atoms with Crippen LogP contribution in [0, 0.1) is 0 Å². The third-order valence-electron chi connectivity index (χ3n) is 3.39. The van der Waals surface area contributed by atoms with Crippen LogP contribution in [0.15, 0.2) is 36.9 Å². The minimum absolute atomic E-state index is 0.709. The van der Waals surface area contributed by atoms with E-state index in [0.29, 0.717) is 5.92 Å². The van der Waals surface area contributed by atoms with Crippen molar-refractivity contribution in [3.8, 4) is 5.69 Å². The van der Waals surface area contributed by atoms with E-state index < -0.39 is 0 Å². The molecule has 0 amide bonds. The third kappa shape index (κ3) is 2.22. The summed E-state index contributed by atoms with van der Waals surface area (Å²) in [5.41, 5.74) is 2.51. The van der Waals surface area contributed by atoms with Gasteiger partial charge in [0.1, 0.15) is 12.7 Å². The van der Waals surface area contributed by atoms with Crippen LogP contribution < -0.4 is 5.32 Å². The molecular formula is C13H16N4. The van der Waals surface area contributed by atoms with Crippen molar-refractivity contribution in [2.24, 2.45) is 0 Å². The monoisotopic (exact) mass is 228 g/mol. The van der Waals surface area contributed by atoms with E-state index in [4.69, 9.17) is 0 Å². The number of hydrogen-bond donors (Lipinski definition) is 1. The number of piperidine rings is 1. The maximum absolute atomic E-state index is 4.12. The Morgan fingerprint density at radius 3 is 2.53 bits per heavy atom. The number of nitrogens with zero attached hydrogens (tertiary/aromatic N) is 3. The zero-order valence-corrected chi connectivity index (χ0v) is 9.71. The molecule has 1 aromatic carbocycles. The Kier molecular flexibility index (Phi) is 2.88. The summed E-state index contributed by atoms with van der Waals surface area (Å²) >= 11 is 0. The normalized spacial score (nSPS) is 17.2. The minimum Gasteiger partial charge on any atom is -0.317 e. The molecule has 2 aromatic rings. The van der Waals surface area contributed by atoms with Crippen LogP contribution in [0.3, 0.4) is 0 Å². The first-order valence-corrected chi connectivity index (χ1v) is 6.09. The second-order valence-corrected chi connectivity index (χ2v) is 4.46. The molecule has 1 aliphatic rings. The minimum atomic E-state index is 0.709. The highest BCUT2D eigenvalue weighted by molar-refractivity contribution is 5.34. The summed E-state index contributed by atoms with van der Waals surface area (Å²) in [5, 5.41) is 7.52. The van der Waals surface area contributed by atoms with Crippen LogP contribution in [0.4, 0.5) is 0 Å². The largest absolute Gasteiger partial charge is 0.317 e. The van der Waals surface area contributed by atoms with Gasteiger partial charge in [-0.1, -0.05) is 12.1 Å². The Balaban J connectivity index is 1.80. The standard InChI is InChI=1S/C13H16N4/c1-3-13(17-10-15-9-16-17)4-2-11(1)12-5-7-14-8-6-12/h1-4,9-10,12,14H,5-8H2. The topological polar surface area (TPSA) is 42.7 Å². The molecule has 1 aromatic heterocycles. The van der Waals surface area contributed by atoms with Crippen LogP contribution in [-0.2, 0) is 0 Å². The highest BCUT2D eigenvalue weighted by Crippen LogP contribution is 2.25. The van der Waals surface area contributed by atoms with E-state index in [9.17, 15) is 0 Å². The lowest BCUT2D eigenvalue weighted by atomic mass is 9.90. The van der Waals surface area contributed by atoms with Crippen LogP contribution in [0.25, 0.3) is 5.69 Å². The molecule has 1 saturated heterocycles. The second-order valence-electron chi connectivity index (χ2n) is 4.46. The number of hydrogen-bond acceptors (Lipinski definition) is 3. The fourth-order valence-electron chi connectivity index (χ4n) is 2.40. The number of rotatable bonds is 2. The summed E-state index contributed by atoms with van der Waals surface area (Å²) in [6.45, 7) is 2.27. The van der Waals surface area contributed by atoms with Crippen LogP contribution in [0.2, 0.25) is 0 Å². The van der Waals surface area contributed by atoms with Crippen LogP contribution >= 0.6 is 0 Å². The summed E-state index contributed by atoms with van der Waals surface area (Å²) in [6, 6.07) is 8.66. The van der Waals surface area contributed by atoms with Gasteiger partial charge in [0.05, 0.1) is 5.69 Å². The van der Waals surface area contributed by atoms with Crippen molar-refractivity contribution >= 4 is 0 Å². The van der Waals surface area contributed by atoms with Crippen LogP contribution in [0.1, 0.15) is 24.3 Å². The van der Waals surface area contributed by atoms with E-state index in [-0.39, 0.29) is 0 Å².